The largest absolute Gasteiger partial charge is 0.379 e. The molecular formula is C21H17N3O6S. The van der Waals surface area contributed by atoms with Gasteiger partial charge in [0.2, 0.25) is 0 Å². The molecule has 0 saturated carbocycles. The zero-order valence-electron chi connectivity index (χ0n) is 16.3. The SMILES string of the molecule is Cc1ccc(S(=O)(=O)Oc2cccc(/C=N\NC(=O)c3cccc([N+](=O)[O-])c3)c2)cc1. The number of nitro groups is 1. The summed E-state index contributed by atoms with van der Waals surface area (Å²) in [5.41, 5.74) is 3.52. The number of hydrogen-bond donors (Lipinski definition) is 1. The van der Waals surface area contributed by atoms with Crippen LogP contribution in [0.2, 0.25) is 0 Å². The topological polar surface area (TPSA) is 128 Å². The fraction of sp³-hybridized carbons (Fsp3) is 0.0476. The van der Waals surface area contributed by atoms with Crippen molar-refractivity contribution in [2.45, 2.75) is 11.8 Å². The summed E-state index contributed by atoms with van der Waals surface area (Å²) in [7, 11) is -4.00. The predicted octanol–water partition coefficient (Wildman–Crippen LogP) is 3.43. The van der Waals surface area contributed by atoms with Crippen molar-refractivity contribution in [2.75, 3.05) is 0 Å². The van der Waals surface area contributed by atoms with Crippen molar-refractivity contribution in [2.24, 2.45) is 5.10 Å². The van der Waals surface area contributed by atoms with Crippen molar-refractivity contribution in [3.63, 3.8) is 0 Å². The number of nitrogens with zero attached hydrogens (tertiary/aromatic N) is 2. The van der Waals surface area contributed by atoms with E-state index in [2.05, 4.69) is 10.5 Å². The van der Waals surface area contributed by atoms with Crippen LogP contribution in [-0.2, 0) is 10.1 Å². The molecular weight excluding hydrogens is 422 g/mol. The maximum atomic E-state index is 12.4. The lowest BCUT2D eigenvalue weighted by Gasteiger charge is -2.07. The molecule has 158 valence electrons. The number of non-ortho nitro benzene ring substituents is 1. The molecule has 0 unspecified atom stereocenters. The molecule has 0 aliphatic rings. The van der Waals surface area contributed by atoms with E-state index in [1.54, 1.807) is 24.3 Å². The lowest BCUT2D eigenvalue weighted by molar-refractivity contribution is -0.384. The Balaban J connectivity index is 1.68. The summed E-state index contributed by atoms with van der Waals surface area (Å²) in [6.45, 7) is 1.85. The van der Waals surface area contributed by atoms with Gasteiger partial charge in [0.15, 0.2) is 0 Å². The van der Waals surface area contributed by atoms with Crippen LogP contribution >= 0.6 is 0 Å². The minimum absolute atomic E-state index is 0.0291. The molecule has 0 spiro atoms. The molecule has 1 N–H and O–H groups in total. The molecule has 0 radical (unpaired) electrons. The van der Waals surface area contributed by atoms with Crippen LogP contribution in [0.15, 0.2) is 82.8 Å². The molecule has 31 heavy (non-hydrogen) atoms. The highest BCUT2D eigenvalue weighted by Gasteiger charge is 2.16. The molecule has 0 atom stereocenters. The Morgan fingerprint density at radius 3 is 2.48 bits per heavy atom. The van der Waals surface area contributed by atoms with Gasteiger partial charge in [-0.25, -0.2) is 5.43 Å². The number of nitrogens with one attached hydrogen (secondary N) is 1. The first kappa shape index (κ1) is 21.7. The van der Waals surface area contributed by atoms with E-state index in [0.29, 0.717) is 5.56 Å². The average molecular weight is 439 g/mol. The molecule has 0 bridgehead atoms. The van der Waals surface area contributed by atoms with E-state index in [-0.39, 0.29) is 21.9 Å². The number of hydrogen-bond acceptors (Lipinski definition) is 7. The van der Waals surface area contributed by atoms with Gasteiger partial charge >= 0.3 is 10.1 Å². The third-order valence-electron chi connectivity index (χ3n) is 4.07. The number of rotatable bonds is 7. The molecule has 9 nitrogen and oxygen atoms in total. The monoisotopic (exact) mass is 439 g/mol. The molecule has 3 aromatic rings. The van der Waals surface area contributed by atoms with E-state index in [0.717, 1.165) is 11.6 Å². The van der Waals surface area contributed by atoms with E-state index >= 15 is 0 Å². The predicted molar refractivity (Wildman–Crippen MR) is 114 cm³/mol. The van der Waals surface area contributed by atoms with Crippen molar-refractivity contribution in [3.8, 4) is 5.75 Å². The fourth-order valence-electron chi connectivity index (χ4n) is 2.52. The van der Waals surface area contributed by atoms with Crippen LogP contribution in [-0.4, -0.2) is 25.5 Å². The Bertz CT molecular complexity index is 1250. The first-order valence-electron chi connectivity index (χ1n) is 8.94. The smallest absolute Gasteiger partial charge is 0.339 e. The van der Waals surface area contributed by atoms with Crippen LogP contribution < -0.4 is 9.61 Å². The maximum Gasteiger partial charge on any atom is 0.339 e. The van der Waals surface area contributed by atoms with Crippen LogP contribution in [0.4, 0.5) is 5.69 Å². The van der Waals surface area contributed by atoms with E-state index in [1.165, 1.54) is 48.7 Å². The molecule has 0 aliphatic heterocycles. The van der Waals surface area contributed by atoms with Gasteiger partial charge in [-0.3, -0.25) is 14.9 Å². The average Bonchev–Trinajstić information content (AvgIpc) is 2.74. The second kappa shape index (κ2) is 9.18. The highest BCUT2D eigenvalue weighted by atomic mass is 32.2. The Hall–Kier alpha value is -4.05. The summed E-state index contributed by atoms with van der Waals surface area (Å²) in [6.07, 6.45) is 1.29. The molecule has 0 fully saturated rings. The Kier molecular flexibility index (Phi) is 6.41. The quantitative estimate of drug-likeness (QED) is 0.260. The number of benzene rings is 3. The molecule has 1 amide bonds. The molecule has 10 heteroatoms. The minimum atomic E-state index is -4.00. The van der Waals surface area contributed by atoms with Crippen molar-refractivity contribution in [3.05, 3.63) is 99.6 Å². The fourth-order valence-corrected chi connectivity index (χ4v) is 3.44. The van der Waals surface area contributed by atoms with Crippen molar-refractivity contribution < 1.29 is 22.3 Å². The summed E-state index contributed by atoms with van der Waals surface area (Å²) in [5.74, 6) is -0.552. The van der Waals surface area contributed by atoms with Gasteiger partial charge in [-0.1, -0.05) is 35.9 Å². The second-order valence-corrected chi connectivity index (χ2v) is 7.98. The summed E-state index contributed by atoms with van der Waals surface area (Å²) >= 11 is 0. The van der Waals surface area contributed by atoms with Gasteiger partial charge in [0.05, 0.1) is 11.1 Å². The van der Waals surface area contributed by atoms with Crippen LogP contribution in [0.25, 0.3) is 0 Å². The number of carbonyl (C=O) groups excluding carboxylic acids is 1. The number of carbonyl (C=O) groups is 1. The molecule has 0 saturated heterocycles. The zero-order valence-corrected chi connectivity index (χ0v) is 17.1. The van der Waals surface area contributed by atoms with Gasteiger partial charge in [-0.2, -0.15) is 13.5 Å². The van der Waals surface area contributed by atoms with Crippen LogP contribution in [0.5, 0.6) is 5.75 Å². The highest BCUT2D eigenvalue weighted by Crippen LogP contribution is 2.20. The first-order chi connectivity index (χ1) is 14.7. The van der Waals surface area contributed by atoms with Gasteiger partial charge in [0.1, 0.15) is 10.6 Å². The van der Waals surface area contributed by atoms with Gasteiger partial charge < -0.3 is 4.18 Å². The Morgan fingerprint density at radius 2 is 1.77 bits per heavy atom. The van der Waals surface area contributed by atoms with Crippen LogP contribution in [0.3, 0.4) is 0 Å². The third kappa shape index (κ3) is 5.73. The minimum Gasteiger partial charge on any atom is -0.379 e. The maximum absolute atomic E-state index is 12.4. The zero-order chi connectivity index (χ0) is 22.4. The Labute approximate surface area is 178 Å². The summed E-state index contributed by atoms with van der Waals surface area (Å²) in [4.78, 5) is 22.3. The van der Waals surface area contributed by atoms with Crippen LogP contribution in [0.1, 0.15) is 21.5 Å². The molecule has 0 aliphatic carbocycles. The number of hydrazone groups is 1. The number of aryl methyl sites for hydroxylation is 1. The van der Waals surface area contributed by atoms with E-state index in [9.17, 15) is 23.3 Å². The summed E-state index contributed by atoms with van der Waals surface area (Å²) < 4.78 is 30.0. The number of nitro benzene ring substituents is 1. The van der Waals surface area contributed by atoms with Gasteiger partial charge in [-0.15, -0.1) is 0 Å². The molecule has 0 aromatic heterocycles. The molecule has 3 aromatic carbocycles. The van der Waals surface area contributed by atoms with Gasteiger partial charge in [0, 0.05) is 17.7 Å². The van der Waals surface area contributed by atoms with Gasteiger partial charge in [-0.05, 0) is 42.8 Å². The number of amides is 1. The standard InChI is InChI=1S/C21H17N3O6S/c1-15-8-10-20(11-9-15)31(28,29)30-19-7-2-4-16(12-19)14-22-23-21(25)17-5-3-6-18(13-17)24(26)27/h2-14H,1H3,(H,23,25)/b22-14-. The lowest BCUT2D eigenvalue weighted by Crippen LogP contribution is -2.17. The highest BCUT2D eigenvalue weighted by molar-refractivity contribution is 7.87. The van der Waals surface area contributed by atoms with Crippen molar-refractivity contribution >= 4 is 27.9 Å². The molecule has 0 heterocycles. The van der Waals surface area contributed by atoms with Gasteiger partial charge in [0.25, 0.3) is 11.6 Å². The molecule has 3 rings (SSSR count). The van der Waals surface area contributed by atoms with Crippen LogP contribution in [0, 0.1) is 17.0 Å². The third-order valence-corrected chi connectivity index (χ3v) is 5.33. The first-order valence-corrected chi connectivity index (χ1v) is 10.3. The van der Waals surface area contributed by atoms with E-state index in [1.807, 2.05) is 6.92 Å². The lowest BCUT2D eigenvalue weighted by atomic mass is 10.2. The van der Waals surface area contributed by atoms with Crippen molar-refractivity contribution in [1.82, 2.24) is 5.43 Å². The van der Waals surface area contributed by atoms with E-state index in [4.69, 9.17) is 4.18 Å². The Morgan fingerprint density at radius 1 is 1.06 bits per heavy atom. The normalized spacial score (nSPS) is 11.3. The van der Waals surface area contributed by atoms with Crippen molar-refractivity contribution in [1.29, 1.82) is 0 Å². The second-order valence-electron chi connectivity index (χ2n) is 6.43. The summed E-state index contributed by atoms with van der Waals surface area (Å²) in [6, 6.07) is 17.6. The summed E-state index contributed by atoms with van der Waals surface area (Å²) in [5, 5.41) is 14.6. The van der Waals surface area contributed by atoms with E-state index < -0.39 is 20.9 Å².